The van der Waals surface area contributed by atoms with Crippen LogP contribution in [0.2, 0.25) is 0 Å². The molecular weight excluding hydrogens is 298 g/mol. The van der Waals surface area contributed by atoms with E-state index in [1.54, 1.807) is 12.3 Å². The van der Waals surface area contributed by atoms with E-state index in [1.807, 2.05) is 20.8 Å². The van der Waals surface area contributed by atoms with Gasteiger partial charge in [0.2, 0.25) is 0 Å². The van der Waals surface area contributed by atoms with Crippen molar-refractivity contribution in [3.8, 4) is 0 Å². The molecule has 2 N–H and O–H groups in total. The van der Waals surface area contributed by atoms with Crippen LogP contribution < -0.4 is 10.2 Å². The minimum atomic E-state index is -1.03. The Morgan fingerprint density at radius 3 is 2.43 bits per heavy atom. The maximum atomic E-state index is 11.8. The molecule has 0 unspecified atom stereocenters. The Labute approximate surface area is 135 Å². The quantitative estimate of drug-likeness (QED) is 0.887. The van der Waals surface area contributed by atoms with Gasteiger partial charge in [0.1, 0.15) is 11.3 Å². The van der Waals surface area contributed by atoms with Crippen LogP contribution >= 0.6 is 0 Å². The monoisotopic (exact) mass is 321 g/mol. The van der Waals surface area contributed by atoms with Crippen LogP contribution in [0.5, 0.6) is 0 Å². The molecule has 7 nitrogen and oxygen atoms in total. The number of hydrogen-bond acceptors (Lipinski definition) is 5. The van der Waals surface area contributed by atoms with Crippen LogP contribution in [-0.2, 0) is 4.74 Å². The molecule has 1 aliphatic heterocycles. The first-order valence-electron chi connectivity index (χ1n) is 7.68. The topological polar surface area (TPSA) is 91.8 Å². The zero-order chi connectivity index (χ0) is 17.0. The van der Waals surface area contributed by atoms with Gasteiger partial charge in [0.25, 0.3) is 0 Å². The van der Waals surface area contributed by atoms with Gasteiger partial charge in [0, 0.05) is 19.1 Å². The Morgan fingerprint density at radius 1 is 1.30 bits per heavy atom. The number of alkyl carbamates (subject to hydrolysis) is 1. The molecule has 1 aliphatic rings. The van der Waals surface area contributed by atoms with Crippen molar-refractivity contribution >= 4 is 17.7 Å². The summed E-state index contributed by atoms with van der Waals surface area (Å²) in [6.07, 6.45) is 2.80. The summed E-state index contributed by atoms with van der Waals surface area (Å²) in [6.45, 7) is 7.05. The number of carbonyl (C=O) groups excluding carboxylic acids is 1. The predicted octanol–water partition coefficient (Wildman–Crippen LogP) is 2.27. The molecule has 0 spiro atoms. The number of carboxylic acid groups (broad SMARTS) is 1. The maximum absolute atomic E-state index is 11.8. The van der Waals surface area contributed by atoms with E-state index in [1.165, 1.54) is 6.07 Å². The minimum Gasteiger partial charge on any atom is -0.477 e. The van der Waals surface area contributed by atoms with Gasteiger partial charge in [0.15, 0.2) is 0 Å². The van der Waals surface area contributed by atoms with Crippen molar-refractivity contribution in [2.24, 2.45) is 0 Å². The standard InChI is InChI=1S/C16H23N3O4/c1-16(2,3)23-15(22)18-11-6-8-19(9-7-11)12-4-5-13(14(20)21)17-10-12/h4-5,10-11H,6-9H2,1-3H3,(H,18,22)(H,20,21). The highest BCUT2D eigenvalue weighted by Gasteiger charge is 2.23. The Hall–Kier alpha value is -2.31. The zero-order valence-corrected chi connectivity index (χ0v) is 13.7. The fourth-order valence-electron chi connectivity index (χ4n) is 2.46. The van der Waals surface area contributed by atoms with Gasteiger partial charge < -0.3 is 20.1 Å². The third-order valence-corrected chi connectivity index (χ3v) is 3.55. The number of pyridine rings is 1. The largest absolute Gasteiger partial charge is 0.477 e. The molecule has 1 saturated heterocycles. The Bertz CT molecular complexity index is 558. The number of amides is 1. The molecular formula is C16H23N3O4. The number of aromatic carboxylic acids is 1. The first-order valence-corrected chi connectivity index (χ1v) is 7.68. The van der Waals surface area contributed by atoms with E-state index < -0.39 is 11.6 Å². The van der Waals surface area contributed by atoms with E-state index in [9.17, 15) is 9.59 Å². The molecule has 0 bridgehead atoms. The van der Waals surface area contributed by atoms with Gasteiger partial charge in [-0.1, -0.05) is 0 Å². The number of carbonyl (C=O) groups is 2. The van der Waals surface area contributed by atoms with Gasteiger partial charge in [-0.25, -0.2) is 14.6 Å². The van der Waals surface area contributed by atoms with E-state index in [0.717, 1.165) is 31.6 Å². The molecule has 0 saturated carbocycles. The molecule has 1 fully saturated rings. The minimum absolute atomic E-state index is 0.0372. The number of nitrogens with one attached hydrogen (secondary N) is 1. The van der Waals surface area contributed by atoms with Crippen LogP contribution in [0.4, 0.5) is 10.5 Å². The van der Waals surface area contributed by atoms with Gasteiger partial charge in [-0.3, -0.25) is 0 Å². The van der Waals surface area contributed by atoms with Crippen LogP contribution in [-0.4, -0.2) is 46.9 Å². The average Bonchev–Trinajstić information content (AvgIpc) is 2.46. The lowest BCUT2D eigenvalue weighted by Crippen LogP contribution is -2.46. The Kier molecular flexibility index (Phi) is 5.08. The fourth-order valence-corrected chi connectivity index (χ4v) is 2.46. The second kappa shape index (κ2) is 6.85. The van der Waals surface area contributed by atoms with Crippen LogP contribution in [0.1, 0.15) is 44.1 Å². The fraction of sp³-hybridized carbons (Fsp3) is 0.562. The predicted molar refractivity (Wildman–Crippen MR) is 85.8 cm³/mol. The molecule has 23 heavy (non-hydrogen) atoms. The number of piperidine rings is 1. The summed E-state index contributed by atoms with van der Waals surface area (Å²) in [5, 5.41) is 11.7. The zero-order valence-electron chi connectivity index (χ0n) is 13.7. The van der Waals surface area contributed by atoms with Crippen molar-refractivity contribution in [3.63, 3.8) is 0 Å². The summed E-state index contributed by atoms with van der Waals surface area (Å²) in [6, 6.07) is 3.35. The van der Waals surface area contributed by atoms with E-state index in [2.05, 4.69) is 15.2 Å². The summed E-state index contributed by atoms with van der Waals surface area (Å²) in [5.74, 6) is -1.03. The summed E-state index contributed by atoms with van der Waals surface area (Å²) in [5.41, 5.74) is 0.434. The summed E-state index contributed by atoms with van der Waals surface area (Å²) in [4.78, 5) is 28.6. The number of hydrogen-bond donors (Lipinski definition) is 2. The van der Waals surface area contributed by atoms with Gasteiger partial charge in [-0.05, 0) is 45.7 Å². The Balaban J connectivity index is 1.84. The van der Waals surface area contributed by atoms with Gasteiger partial charge in [-0.15, -0.1) is 0 Å². The molecule has 2 rings (SSSR count). The van der Waals surface area contributed by atoms with Crippen LogP contribution in [0.15, 0.2) is 18.3 Å². The third kappa shape index (κ3) is 5.12. The molecule has 7 heteroatoms. The molecule has 126 valence electrons. The molecule has 1 aromatic heterocycles. The molecule has 0 radical (unpaired) electrons. The van der Waals surface area contributed by atoms with E-state index in [4.69, 9.17) is 9.84 Å². The molecule has 1 aromatic rings. The lowest BCUT2D eigenvalue weighted by molar-refractivity contribution is 0.0496. The highest BCUT2D eigenvalue weighted by Crippen LogP contribution is 2.20. The Morgan fingerprint density at radius 2 is 1.96 bits per heavy atom. The van der Waals surface area contributed by atoms with Crippen LogP contribution in [0.3, 0.4) is 0 Å². The normalized spacial score (nSPS) is 16.0. The maximum Gasteiger partial charge on any atom is 0.407 e. The second-order valence-electron chi connectivity index (χ2n) is 6.61. The second-order valence-corrected chi connectivity index (χ2v) is 6.61. The van der Waals surface area contributed by atoms with Crippen LogP contribution in [0.25, 0.3) is 0 Å². The SMILES string of the molecule is CC(C)(C)OC(=O)NC1CCN(c2ccc(C(=O)O)nc2)CC1. The summed E-state index contributed by atoms with van der Waals surface area (Å²) < 4.78 is 5.26. The van der Waals surface area contributed by atoms with Crippen LogP contribution in [0, 0.1) is 0 Å². The molecule has 1 amide bonds. The van der Waals surface area contributed by atoms with Crippen molar-refractivity contribution in [2.75, 3.05) is 18.0 Å². The van der Waals surface area contributed by atoms with E-state index >= 15 is 0 Å². The van der Waals surface area contributed by atoms with Gasteiger partial charge in [0.05, 0.1) is 11.9 Å². The van der Waals surface area contributed by atoms with Crippen molar-refractivity contribution in [1.82, 2.24) is 10.3 Å². The molecule has 2 heterocycles. The summed E-state index contributed by atoms with van der Waals surface area (Å²) in [7, 11) is 0. The highest BCUT2D eigenvalue weighted by atomic mass is 16.6. The summed E-state index contributed by atoms with van der Waals surface area (Å²) >= 11 is 0. The van der Waals surface area contributed by atoms with Crippen molar-refractivity contribution in [1.29, 1.82) is 0 Å². The molecule has 0 aliphatic carbocycles. The van der Waals surface area contributed by atoms with Gasteiger partial charge >= 0.3 is 12.1 Å². The van der Waals surface area contributed by atoms with E-state index in [0.29, 0.717) is 0 Å². The number of anilines is 1. The number of rotatable bonds is 3. The third-order valence-electron chi connectivity index (χ3n) is 3.55. The molecule has 0 atom stereocenters. The lowest BCUT2D eigenvalue weighted by atomic mass is 10.0. The van der Waals surface area contributed by atoms with Crippen molar-refractivity contribution < 1.29 is 19.4 Å². The lowest BCUT2D eigenvalue weighted by Gasteiger charge is -2.34. The van der Waals surface area contributed by atoms with E-state index in [-0.39, 0.29) is 17.8 Å². The molecule has 0 aromatic carbocycles. The number of aromatic nitrogens is 1. The van der Waals surface area contributed by atoms with Crippen molar-refractivity contribution in [3.05, 3.63) is 24.0 Å². The number of nitrogens with zero attached hydrogens (tertiary/aromatic N) is 2. The van der Waals surface area contributed by atoms with Gasteiger partial charge in [-0.2, -0.15) is 0 Å². The first kappa shape index (κ1) is 17.1. The smallest absolute Gasteiger partial charge is 0.407 e. The first-order chi connectivity index (χ1) is 10.7. The number of ether oxygens (including phenoxy) is 1. The van der Waals surface area contributed by atoms with Crippen molar-refractivity contribution in [2.45, 2.75) is 45.3 Å². The number of carboxylic acids is 1. The average molecular weight is 321 g/mol. The highest BCUT2D eigenvalue weighted by molar-refractivity contribution is 5.85.